The molecule has 0 aliphatic heterocycles. The topological polar surface area (TPSA) is 39.4 Å². The highest BCUT2D eigenvalue weighted by Crippen LogP contribution is 2.25. The molecule has 0 N–H and O–H groups in total. The molecule has 150 valence electrons. The van der Waals surface area contributed by atoms with E-state index in [2.05, 4.69) is 13.8 Å². The van der Waals surface area contributed by atoms with E-state index in [4.69, 9.17) is 9.15 Å². The van der Waals surface area contributed by atoms with E-state index >= 15 is 0 Å². The molecule has 1 aromatic heterocycles. The molecule has 4 heteroatoms. The summed E-state index contributed by atoms with van der Waals surface area (Å²) in [5.74, 6) is 0.160. The average molecular weight is 377 g/mol. The zero-order valence-electron chi connectivity index (χ0n) is 16.8. The number of hydrogen-bond donors (Lipinski definition) is 0. The maximum absolute atomic E-state index is 14.7. The quantitative estimate of drug-likeness (QED) is 0.361. The van der Waals surface area contributed by atoms with Crippen LogP contribution >= 0.6 is 0 Å². The van der Waals surface area contributed by atoms with Crippen molar-refractivity contribution in [2.45, 2.75) is 84.5 Å². The predicted molar refractivity (Wildman–Crippen MR) is 109 cm³/mol. The molecule has 0 radical (unpaired) electrons. The highest BCUT2D eigenvalue weighted by atomic mass is 19.1. The summed E-state index contributed by atoms with van der Waals surface area (Å²) >= 11 is 0. The van der Waals surface area contributed by atoms with Gasteiger partial charge in [0.05, 0.1) is 6.61 Å². The van der Waals surface area contributed by atoms with Crippen LogP contribution in [0.5, 0.6) is 5.75 Å². The van der Waals surface area contributed by atoms with Crippen LogP contribution in [0, 0.1) is 5.82 Å². The lowest BCUT2D eigenvalue weighted by molar-refractivity contribution is 0.291. The lowest BCUT2D eigenvalue weighted by Crippen LogP contribution is -2.07. The first-order valence-electron chi connectivity index (χ1n) is 10.5. The minimum Gasteiger partial charge on any atom is -0.490 e. The third kappa shape index (κ3) is 6.67. The van der Waals surface area contributed by atoms with Gasteiger partial charge in [0.25, 0.3) is 0 Å². The standard InChI is InChI=1S/C23H33FO3/c1-3-5-7-9-10-12-16-26-20-15-14-18-17-19(13-11-8-6-4-2)27-23(25)21(18)22(20)24/h14-15,17H,3-13,16H2,1-2H3. The maximum atomic E-state index is 14.7. The molecule has 0 saturated carbocycles. The van der Waals surface area contributed by atoms with E-state index in [0.717, 1.165) is 32.1 Å². The highest BCUT2D eigenvalue weighted by molar-refractivity contribution is 5.83. The molecule has 2 aromatic rings. The molecule has 0 spiro atoms. The van der Waals surface area contributed by atoms with Gasteiger partial charge in [-0.15, -0.1) is 0 Å². The van der Waals surface area contributed by atoms with Crippen molar-refractivity contribution in [2.24, 2.45) is 0 Å². The zero-order valence-corrected chi connectivity index (χ0v) is 16.8. The fourth-order valence-electron chi connectivity index (χ4n) is 3.30. The molecule has 27 heavy (non-hydrogen) atoms. The largest absolute Gasteiger partial charge is 0.490 e. The van der Waals surface area contributed by atoms with Gasteiger partial charge in [-0.25, -0.2) is 9.18 Å². The van der Waals surface area contributed by atoms with Crippen LogP contribution in [0.3, 0.4) is 0 Å². The predicted octanol–water partition coefficient (Wildman–Crippen LogP) is 6.79. The Kier molecular flexibility index (Phi) is 9.37. The van der Waals surface area contributed by atoms with Crippen LogP contribution in [0.1, 0.15) is 83.8 Å². The zero-order chi connectivity index (χ0) is 19.5. The summed E-state index contributed by atoms with van der Waals surface area (Å²) in [7, 11) is 0. The smallest absolute Gasteiger partial charge is 0.346 e. The number of unbranched alkanes of at least 4 members (excludes halogenated alkanes) is 8. The van der Waals surface area contributed by atoms with Crippen molar-refractivity contribution in [1.82, 2.24) is 0 Å². The normalized spacial score (nSPS) is 11.2. The summed E-state index contributed by atoms with van der Waals surface area (Å²) in [5.41, 5.74) is -0.611. The van der Waals surface area contributed by atoms with Gasteiger partial charge in [-0.1, -0.05) is 71.3 Å². The van der Waals surface area contributed by atoms with Gasteiger partial charge in [0, 0.05) is 6.42 Å². The molecule has 0 fully saturated rings. The van der Waals surface area contributed by atoms with E-state index in [0.29, 0.717) is 24.2 Å². The van der Waals surface area contributed by atoms with Gasteiger partial charge in [-0.05, 0) is 30.4 Å². The second-order valence-electron chi connectivity index (χ2n) is 7.27. The molecule has 0 aliphatic rings. The number of halogens is 1. The number of benzene rings is 1. The fourth-order valence-corrected chi connectivity index (χ4v) is 3.30. The lowest BCUT2D eigenvalue weighted by atomic mass is 10.1. The van der Waals surface area contributed by atoms with Gasteiger partial charge >= 0.3 is 5.63 Å². The van der Waals surface area contributed by atoms with Gasteiger partial charge in [0.2, 0.25) is 0 Å². The number of aryl methyl sites for hydroxylation is 1. The van der Waals surface area contributed by atoms with E-state index in [9.17, 15) is 9.18 Å². The molecular formula is C23H33FO3. The van der Waals surface area contributed by atoms with E-state index < -0.39 is 11.4 Å². The first-order valence-corrected chi connectivity index (χ1v) is 10.5. The molecule has 1 aromatic carbocycles. The van der Waals surface area contributed by atoms with Crippen LogP contribution in [0.4, 0.5) is 4.39 Å². The van der Waals surface area contributed by atoms with Crippen LogP contribution in [0.25, 0.3) is 10.8 Å². The van der Waals surface area contributed by atoms with Gasteiger partial charge in [-0.2, -0.15) is 0 Å². The van der Waals surface area contributed by atoms with Crippen molar-refractivity contribution in [3.05, 3.63) is 40.2 Å². The summed E-state index contributed by atoms with van der Waals surface area (Å²) in [6, 6.07) is 5.15. The second-order valence-corrected chi connectivity index (χ2v) is 7.27. The van der Waals surface area contributed by atoms with E-state index in [1.54, 1.807) is 18.2 Å². The second kappa shape index (κ2) is 11.8. The summed E-state index contributed by atoms with van der Waals surface area (Å²) < 4.78 is 25.6. The minimum atomic E-state index is -0.611. The van der Waals surface area contributed by atoms with Gasteiger partial charge < -0.3 is 9.15 Å². The van der Waals surface area contributed by atoms with Gasteiger partial charge in [-0.3, -0.25) is 0 Å². The monoisotopic (exact) mass is 376 g/mol. The van der Waals surface area contributed by atoms with E-state index in [1.165, 1.54) is 32.1 Å². The fraction of sp³-hybridized carbons (Fsp3) is 0.609. The maximum Gasteiger partial charge on any atom is 0.346 e. The third-order valence-corrected chi connectivity index (χ3v) is 4.92. The minimum absolute atomic E-state index is 0.00671. The Morgan fingerprint density at radius 3 is 2.33 bits per heavy atom. The van der Waals surface area contributed by atoms with E-state index in [1.807, 2.05) is 0 Å². The molecule has 0 amide bonds. The Hall–Kier alpha value is -1.84. The molecule has 0 aliphatic carbocycles. The van der Waals surface area contributed by atoms with Crippen LogP contribution in [0.2, 0.25) is 0 Å². The molecule has 0 unspecified atom stereocenters. The molecule has 2 rings (SSSR count). The molecule has 0 bridgehead atoms. The Balaban J connectivity index is 1.97. The van der Waals surface area contributed by atoms with Crippen molar-refractivity contribution in [3.63, 3.8) is 0 Å². The van der Waals surface area contributed by atoms with Crippen LogP contribution < -0.4 is 10.4 Å². The van der Waals surface area contributed by atoms with Crippen LogP contribution in [0.15, 0.2) is 27.4 Å². The van der Waals surface area contributed by atoms with Crippen molar-refractivity contribution in [2.75, 3.05) is 6.61 Å². The van der Waals surface area contributed by atoms with Gasteiger partial charge in [0.15, 0.2) is 11.6 Å². The molecule has 1 heterocycles. The Bertz CT molecular complexity index is 751. The van der Waals surface area contributed by atoms with Crippen LogP contribution in [-0.4, -0.2) is 6.61 Å². The molecule has 3 nitrogen and oxygen atoms in total. The van der Waals surface area contributed by atoms with Gasteiger partial charge in [0.1, 0.15) is 11.1 Å². The summed E-state index contributed by atoms with van der Waals surface area (Å²) in [5, 5.41) is 0.578. The summed E-state index contributed by atoms with van der Waals surface area (Å²) in [6.07, 6.45) is 12.0. The van der Waals surface area contributed by atoms with Crippen LogP contribution in [-0.2, 0) is 6.42 Å². The lowest BCUT2D eigenvalue weighted by Gasteiger charge is -2.09. The van der Waals surface area contributed by atoms with E-state index in [-0.39, 0.29) is 11.1 Å². The Morgan fingerprint density at radius 1 is 0.926 bits per heavy atom. The number of ether oxygens (including phenoxy) is 1. The SMILES string of the molecule is CCCCCCCCOc1ccc2cc(CCCCCC)oc(=O)c2c1F. The number of fused-ring (bicyclic) bond motifs is 1. The average Bonchev–Trinajstić information content (AvgIpc) is 2.66. The van der Waals surface area contributed by atoms with Crippen molar-refractivity contribution >= 4 is 10.8 Å². The first kappa shape index (κ1) is 21.5. The number of hydrogen-bond acceptors (Lipinski definition) is 3. The van der Waals surface area contributed by atoms with Crippen molar-refractivity contribution in [3.8, 4) is 5.75 Å². The highest BCUT2D eigenvalue weighted by Gasteiger charge is 2.14. The number of rotatable bonds is 13. The Labute approximate surface area is 161 Å². The first-order chi connectivity index (χ1) is 13.2. The molecule has 0 saturated heterocycles. The third-order valence-electron chi connectivity index (χ3n) is 4.92. The Morgan fingerprint density at radius 2 is 1.59 bits per heavy atom. The van der Waals surface area contributed by atoms with Crippen molar-refractivity contribution in [1.29, 1.82) is 0 Å². The van der Waals surface area contributed by atoms with Crippen molar-refractivity contribution < 1.29 is 13.5 Å². The summed E-state index contributed by atoms with van der Waals surface area (Å²) in [6.45, 7) is 4.82. The molecule has 0 atom stereocenters. The summed E-state index contributed by atoms with van der Waals surface area (Å²) in [4.78, 5) is 12.3. The molecular weight excluding hydrogens is 343 g/mol.